The van der Waals surface area contributed by atoms with Crippen LogP contribution in [0.5, 0.6) is 0 Å². The van der Waals surface area contributed by atoms with Crippen LogP contribution in [0.1, 0.15) is 60.8 Å². The third-order valence-corrected chi connectivity index (χ3v) is 11.1. The normalized spacial score (nSPS) is 19.0. The Morgan fingerprint density at radius 1 is 1.24 bits per heavy atom. The molecule has 0 radical (unpaired) electrons. The Kier molecular flexibility index (Phi) is 8.98. The van der Waals surface area contributed by atoms with Crippen LogP contribution >= 0.6 is 0 Å². The summed E-state index contributed by atoms with van der Waals surface area (Å²) in [6.45, 7) is 14.8. The molecule has 0 saturated carbocycles. The molecule has 0 aromatic heterocycles. The van der Waals surface area contributed by atoms with E-state index < -0.39 is 20.5 Å². The monoisotopic (exact) mass is 369 g/mol. The van der Waals surface area contributed by atoms with Crippen LogP contribution < -0.4 is 5.32 Å². The van der Waals surface area contributed by atoms with Crippen LogP contribution in [0.25, 0.3) is 0 Å². The molecule has 1 aliphatic heterocycles. The van der Waals surface area contributed by atoms with Crippen molar-refractivity contribution in [2.24, 2.45) is 0 Å². The molecule has 0 bridgehead atoms. The highest BCUT2D eigenvalue weighted by Crippen LogP contribution is 2.42. The number of hydrogen-bond donors (Lipinski definition) is 2. The number of alkyl carbamates (subject to hydrolysis) is 1. The summed E-state index contributed by atoms with van der Waals surface area (Å²) >= 11 is 0. The summed E-state index contributed by atoms with van der Waals surface area (Å²) in [5.41, 5.74) is 1.76. The zero-order chi connectivity index (χ0) is 19.0. The van der Waals surface area contributed by atoms with E-state index in [4.69, 9.17) is 9.16 Å². The second kappa shape index (κ2) is 10.2. The van der Waals surface area contributed by atoms with E-state index in [1.54, 1.807) is 0 Å². The van der Waals surface area contributed by atoms with Crippen LogP contribution in [0.3, 0.4) is 0 Å². The number of hydrogen-bond acceptors (Lipinski definition) is 4. The first-order valence-corrected chi connectivity index (χ1v) is 11.6. The Balaban J connectivity index is 2.36. The zero-order valence-corrected chi connectivity index (χ0v) is 17.6. The highest BCUT2D eigenvalue weighted by atomic mass is 28.4. The number of rotatable bonds is 9. The van der Waals surface area contributed by atoms with Gasteiger partial charge in [-0.15, -0.1) is 5.92 Å². The number of ether oxygens (including phenoxy) is 1. The second-order valence-electron chi connectivity index (χ2n) is 7.78. The van der Waals surface area contributed by atoms with E-state index in [1.165, 1.54) is 0 Å². The van der Waals surface area contributed by atoms with Gasteiger partial charge in [-0.25, -0.2) is 4.79 Å². The van der Waals surface area contributed by atoms with E-state index in [0.717, 1.165) is 13.0 Å². The number of unbranched alkanes of at least 4 members (excludes halogenated alkanes) is 1. The molecule has 6 heteroatoms. The van der Waals surface area contributed by atoms with E-state index in [9.17, 15) is 9.90 Å². The van der Waals surface area contributed by atoms with Crippen molar-refractivity contribution < 1.29 is 19.1 Å². The van der Waals surface area contributed by atoms with E-state index in [2.05, 4.69) is 58.7 Å². The van der Waals surface area contributed by atoms with Crippen molar-refractivity contribution in [1.82, 2.24) is 5.32 Å². The molecule has 1 fully saturated rings. The number of aliphatic hydroxyl groups is 1. The SMILES string of the molecule is CC(C)[Si](OCCCC#CC(O)C[C@@H]1COC(=O)N1)(C(C)C)C(C)C. The lowest BCUT2D eigenvalue weighted by Crippen LogP contribution is -2.47. The average molecular weight is 370 g/mol. The lowest BCUT2D eigenvalue weighted by molar-refractivity contribution is 0.172. The Morgan fingerprint density at radius 2 is 1.84 bits per heavy atom. The Bertz CT molecular complexity index is 460. The Hall–Kier alpha value is -1.03. The minimum absolute atomic E-state index is 0.144. The summed E-state index contributed by atoms with van der Waals surface area (Å²) < 4.78 is 11.3. The maximum Gasteiger partial charge on any atom is 0.407 e. The summed E-state index contributed by atoms with van der Waals surface area (Å²) in [6, 6.07) is -0.144. The fourth-order valence-corrected chi connectivity index (χ4v) is 9.48. The standard InChI is InChI=1S/C19H35NO4Si/c1-14(2)25(15(3)4,16(5)6)24-11-9-7-8-10-18(21)12-17-13-23-19(22)20-17/h14-18,21H,7,9,11-13H2,1-6H3,(H,20,22)/t17-,18?/m1/s1. The third kappa shape index (κ3) is 6.32. The number of nitrogens with one attached hydrogen (secondary N) is 1. The lowest BCUT2D eigenvalue weighted by atomic mass is 10.1. The molecule has 1 aliphatic rings. The molecule has 0 aromatic rings. The maximum absolute atomic E-state index is 10.9. The van der Waals surface area contributed by atoms with Gasteiger partial charge in [0.2, 0.25) is 0 Å². The number of carbonyl (C=O) groups is 1. The largest absolute Gasteiger partial charge is 0.447 e. The Labute approximate surface area is 154 Å². The summed E-state index contributed by atoms with van der Waals surface area (Å²) in [5, 5.41) is 12.5. The fraction of sp³-hybridized carbons (Fsp3) is 0.842. The van der Waals surface area contributed by atoms with Gasteiger partial charge in [0, 0.05) is 19.4 Å². The first-order valence-electron chi connectivity index (χ1n) is 9.43. The lowest BCUT2D eigenvalue weighted by Gasteiger charge is -2.42. The first kappa shape index (κ1) is 22.0. The van der Waals surface area contributed by atoms with Crippen molar-refractivity contribution in [3.8, 4) is 11.8 Å². The van der Waals surface area contributed by atoms with Crippen molar-refractivity contribution in [3.63, 3.8) is 0 Å². The molecule has 25 heavy (non-hydrogen) atoms. The van der Waals surface area contributed by atoms with Crippen molar-refractivity contribution >= 4 is 14.4 Å². The van der Waals surface area contributed by atoms with E-state index >= 15 is 0 Å². The van der Waals surface area contributed by atoms with Crippen molar-refractivity contribution in [3.05, 3.63) is 0 Å². The van der Waals surface area contributed by atoms with Crippen LogP contribution in [0.2, 0.25) is 16.6 Å². The van der Waals surface area contributed by atoms with Crippen LogP contribution in [0, 0.1) is 11.8 Å². The van der Waals surface area contributed by atoms with Crippen molar-refractivity contribution in [1.29, 1.82) is 0 Å². The molecule has 0 aliphatic carbocycles. The molecule has 1 amide bonds. The minimum atomic E-state index is -1.79. The van der Waals surface area contributed by atoms with E-state index in [1.807, 2.05) is 0 Å². The third-order valence-electron chi connectivity index (χ3n) is 5.02. The average Bonchev–Trinajstić information content (AvgIpc) is 2.90. The molecular formula is C19H35NO4Si. The minimum Gasteiger partial charge on any atom is -0.447 e. The highest BCUT2D eigenvalue weighted by Gasteiger charge is 2.44. The molecule has 2 N–H and O–H groups in total. The quantitative estimate of drug-likeness (QED) is 0.368. The van der Waals surface area contributed by atoms with Gasteiger partial charge in [0.15, 0.2) is 8.32 Å². The summed E-state index contributed by atoms with van der Waals surface area (Å²) in [6.07, 6.45) is 0.839. The predicted octanol–water partition coefficient (Wildman–Crippen LogP) is 3.82. The summed E-state index contributed by atoms with van der Waals surface area (Å²) in [7, 11) is -1.79. The molecule has 1 rings (SSSR count). The molecule has 0 spiro atoms. The van der Waals surface area contributed by atoms with Gasteiger partial charge in [0.25, 0.3) is 0 Å². The molecule has 2 atom stereocenters. The first-order chi connectivity index (χ1) is 11.7. The summed E-state index contributed by atoms with van der Waals surface area (Å²) in [5.74, 6) is 5.87. The van der Waals surface area contributed by atoms with Gasteiger partial charge in [-0.3, -0.25) is 0 Å². The van der Waals surface area contributed by atoms with Gasteiger partial charge in [-0.2, -0.15) is 0 Å². The second-order valence-corrected chi connectivity index (χ2v) is 13.2. The smallest absolute Gasteiger partial charge is 0.407 e. The van der Waals surface area contributed by atoms with E-state index in [0.29, 0.717) is 36.1 Å². The van der Waals surface area contributed by atoms with Crippen molar-refractivity contribution in [2.75, 3.05) is 13.2 Å². The molecule has 1 unspecified atom stereocenters. The van der Waals surface area contributed by atoms with Gasteiger partial charge in [0.1, 0.15) is 12.7 Å². The maximum atomic E-state index is 10.9. The number of aliphatic hydroxyl groups excluding tert-OH is 1. The van der Waals surface area contributed by atoms with Gasteiger partial charge in [0.05, 0.1) is 6.04 Å². The van der Waals surface area contributed by atoms with Crippen LogP contribution in [-0.4, -0.2) is 44.9 Å². The molecular weight excluding hydrogens is 334 g/mol. The predicted molar refractivity (Wildman–Crippen MR) is 103 cm³/mol. The van der Waals surface area contributed by atoms with Gasteiger partial charge in [-0.1, -0.05) is 47.5 Å². The number of cyclic esters (lactones) is 1. The van der Waals surface area contributed by atoms with E-state index in [-0.39, 0.29) is 6.04 Å². The highest BCUT2D eigenvalue weighted by molar-refractivity contribution is 6.77. The molecule has 1 heterocycles. The number of amides is 1. The van der Waals surface area contributed by atoms with Gasteiger partial charge < -0.3 is 19.6 Å². The van der Waals surface area contributed by atoms with Crippen LogP contribution in [0.15, 0.2) is 0 Å². The molecule has 0 aromatic carbocycles. The van der Waals surface area contributed by atoms with Gasteiger partial charge in [-0.05, 0) is 23.0 Å². The Morgan fingerprint density at radius 3 is 2.32 bits per heavy atom. The van der Waals surface area contributed by atoms with Crippen LogP contribution in [-0.2, 0) is 9.16 Å². The van der Waals surface area contributed by atoms with Crippen LogP contribution in [0.4, 0.5) is 4.79 Å². The van der Waals surface area contributed by atoms with Crippen molar-refractivity contribution in [2.45, 2.75) is 89.6 Å². The molecule has 5 nitrogen and oxygen atoms in total. The zero-order valence-electron chi connectivity index (χ0n) is 16.6. The van der Waals surface area contributed by atoms with Gasteiger partial charge >= 0.3 is 6.09 Å². The topological polar surface area (TPSA) is 67.8 Å². The fourth-order valence-electron chi connectivity index (χ4n) is 3.98. The molecule has 144 valence electrons. The number of carbonyl (C=O) groups excluding carboxylic acids is 1. The summed E-state index contributed by atoms with van der Waals surface area (Å²) in [4.78, 5) is 10.9. The molecule has 1 saturated heterocycles.